The van der Waals surface area contributed by atoms with E-state index in [2.05, 4.69) is 5.32 Å². The molecule has 4 aromatic rings. The van der Waals surface area contributed by atoms with Gasteiger partial charge in [0, 0.05) is 16.6 Å². The Morgan fingerprint density at radius 2 is 1.69 bits per heavy atom. The maximum absolute atomic E-state index is 13.9. The molecular weight excluding hydrogens is 449 g/mol. The first-order chi connectivity index (χ1) is 16.9. The number of hydrogen-bond acceptors (Lipinski definition) is 6. The molecule has 0 aliphatic heterocycles. The number of para-hydroxylation sites is 1. The van der Waals surface area contributed by atoms with E-state index < -0.39 is 11.7 Å². The first-order valence-electron chi connectivity index (χ1n) is 10.6. The molecule has 0 aliphatic rings. The van der Waals surface area contributed by atoms with Gasteiger partial charge >= 0.3 is 0 Å². The monoisotopic (exact) mass is 471 g/mol. The van der Waals surface area contributed by atoms with Crippen LogP contribution < -0.4 is 19.5 Å². The van der Waals surface area contributed by atoms with Crippen LogP contribution >= 0.6 is 0 Å². The topological polar surface area (TPSA) is 93.5 Å². The minimum Gasteiger partial charge on any atom is -0.493 e. The minimum absolute atomic E-state index is 0.149. The number of nitriles is 1. The van der Waals surface area contributed by atoms with Gasteiger partial charge in [-0.25, -0.2) is 9.37 Å². The van der Waals surface area contributed by atoms with Gasteiger partial charge in [-0.15, -0.1) is 0 Å². The van der Waals surface area contributed by atoms with Crippen molar-refractivity contribution in [1.82, 2.24) is 4.98 Å². The van der Waals surface area contributed by atoms with Crippen molar-refractivity contribution in [3.63, 3.8) is 0 Å². The van der Waals surface area contributed by atoms with Crippen LogP contribution in [0.3, 0.4) is 0 Å². The van der Waals surface area contributed by atoms with Crippen LogP contribution in [0.2, 0.25) is 0 Å². The smallest absolute Gasteiger partial charge is 0.256 e. The van der Waals surface area contributed by atoms with Gasteiger partial charge in [0.2, 0.25) is 5.75 Å². The summed E-state index contributed by atoms with van der Waals surface area (Å²) in [6.45, 7) is 1.66. The standard InChI is InChI=1S/C27H22FN3O4/c1-15-9-20(28)17(14-29)10-22(15)31-27(32)19-13-23(30-21-8-6-5-7-18(19)21)16-11-24(33-2)26(35-4)25(12-16)34-3/h5-13H,1-4H3,(H,31,32). The lowest BCUT2D eigenvalue weighted by molar-refractivity contribution is 0.102. The van der Waals surface area contributed by atoms with E-state index in [0.717, 1.165) is 0 Å². The van der Waals surface area contributed by atoms with Crippen molar-refractivity contribution in [2.24, 2.45) is 0 Å². The third-order valence-corrected chi connectivity index (χ3v) is 5.60. The van der Waals surface area contributed by atoms with Crippen molar-refractivity contribution in [2.45, 2.75) is 6.92 Å². The molecule has 0 radical (unpaired) electrons. The minimum atomic E-state index is -0.637. The van der Waals surface area contributed by atoms with E-state index in [9.17, 15) is 14.4 Å². The molecule has 0 spiro atoms. The first kappa shape index (κ1) is 23.5. The van der Waals surface area contributed by atoms with Crippen LogP contribution in [0.5, 0.6) is 17.2 Å². The summed E-state index contributed by atoms with van der Waals surface area (Å²) >= 11 is 0. The molecule has 1 N–H and O–H groups in total. The van der Waals surface area contributed by atoms with Crippen LogP contribution in [0.25, 0.3) is 22.2 Å². The zero-order chi connectivity index (χ0) is 25.1. The van der Waals surface area contributed by atoms with E-state index in [1.165, 1.54) is 33.5 Å². The zero-order valence-corrected chi connectivity index (χ0v) is 19.6. The van der Waals surface area contributed by atoms with Gasteiger partial charge in [0.1, 0.15) is 11.9 Å². The zero-order valence-electron chi connectivity index (χ0n) is 19.6. The fourth-order valence-corrected chi connectivity index (χ4v) is 3.82. The summed E-state index contributed by atoms with van der Waals surface area (Å²) < 4.78 is 30.3. The number of carbonyl (C=O) groups excluding carboxylic acids is 1. The number of carbonyl (C=O) groups is 1. The number of aromatic nitrogens is 1. The summed E-state index contributed by atoms with van der Waals surface area (Å²) in [4.78, 5) is 18.1. The van der Waals surface area contributed by atoms with Crippen molar-refractivity contribution in [3.05, 3.63) is 77.1 Å². The SMILES string of the molecule is COc1cc(-c2cc(C(=O)Nc3cc(C#N)c(F)cc3C)c3ccccc3n2)cc(OC)c1OC. The van der Waals surface area contributed by atoms with Crippen molar-refractivity contribution in [2.75, 3.05) is 26.6 Å². The number of ether oxygens (including phenoxy) is 3. The molecule has 0 saturated carbocycles. The number of methoxy groups -OCH3 is 3. The Labute approximate surface area is 201 Å². The number of pyridine rings is 1. The summed E-state index contributed by atoms with van der Waals surface area (Å²) in [6.07, 6.45) is 0. The van der Waals surface area contributed by atoms with Crippen LogP contribution in [0.15, 0.2) is 54.6 Å². The van der Waals surface area contributed by atoms with Gasteiger partial charge < -0.3 is 19.5 Å². The molecule has 0 saturated heterocycles. The van der Waals surface area contributed by atoms with Gasteiger partial charge in [-0.2, -0.15) is 5.26 Å². The Kier molecular flexibility index (Phi) is 6.51. The van der Waals surface area contributed by atoms with Crippen LogP contribution in [-0.2, 0) is 0 Å². The number of nitrogens with one attached hydrogen (secondary N) is 1. The fraction of sp³-hybridized carbons (Fsp3) is 0.148. The number of hydrogen-bond donors (Lipinski definition) is 1. The molecule has 1 heterocycles. The lowest BCUT2D eigenvalue weighted by Crippen LogP contribution is -2.14. The second-order valence-electron chi connectivity index (χ2n) is 7.70. The van der Waals surface area contributed by atoms with Gasteiger partial charge in [0.05, 0.1) is 43.7 Å². The number of aryl methyl sites for hydroxylation is 1. The van der Waals surface area contributed by atoms with Crippen LogP contribution in [-0.4, -0.2) is 32.2 Å². The molecule has 0 aliphatic carbocycles. The Hall–Kier alpha value is -4.64. The number of amides is 1. The number of halogens is 1. The van der Waals surface area contributed by atoms with Crippen molar-refractivity contribution in [3.8, 4) is 34.6 Å². The number of nitrogens with zero attached hydrogens (tertiary/aromatic N) is 2. The Morgan fingerprint density at radius 3 is 2.31 bits per heavy atom. The predicted octanol–water partition coefficient (Wildman–Crippen LogP) is 5.50. The highest BCUT2D eigenvalue weighted by atomic mass is 19.1. The highest BCUT2D eigenvalue weighted by molar-refractivity contribution is 6.13. The molecule has 0 unspecified atom stereocenters. The lowest BCUT2D eigenvalue weighted by atomic mass is 10.0. The molecular formula is C27H22FN3O4. The molecule has 0 bridgehead atoms. The lowest BCUT2D eigenvalue weighted by Gasteiger charge is -2.15. The average Bonchev–Trinajstić information content (AvgIpc) is 2.88. The van der Waals surface area contributed by atoms with Gasteiger partial charge in [-0.05, 0) is 48.9 Å². The van der Waals surface area contributed by atoms with Gasteiger partial charge in [-0.1, -0.05) is 18.2 Å². The quantitative estimate of drug-likeness (QED) is 0.399. The van der Waals surface area contributed by atoms with Crippen LogP contribution in [0.4, 0.5) is 10.1 Å². The van der Waals surface area contributed by atoms with E-state index in [0.29, 0.717) is 56.2 Å². The van der Waals surface area contributed by atoms with E-state index in [1.54, 1.807) is 37.3 Å². The van der Waals surface area contributed by atoms with Crippen molar-refractivity contribution < 1.29 is 23.4 Å². The maximum atomic E-state index is 13.9. The largest absolute Gasteiger partial charge is 0.493 e. The Morgan fingerprint density at radius 1 is 1.00 bits per heavy atom. The third-order valence-electron chi connectivity index (χ3n) is 5.60. The summed E-state index contributed by atoms with van der Waals surface area (Å²) in [7, 11) is 4.56. The summed E-state index contributed by atoms with van der Waals surface area (Å²) in [5, 5.41) is 12.6. The number of anilines is 1. The second kappa shape index (κ2) is 9.69. The fourth-order valence-electron chi connectivity index (χ4n) is 3.82. The Balaban J connectivity index is 1.85. The molecule has 3 aromatic carbocycles. The van der Waals surface area contributed by atoms with Crippen molar-refractivity contribution >= 4 is 22.5 Å². The Bertz CT molecular complexity index is 1470. The summed E-state index contributed by atoms with van der Waals surface area (Å²) in [5.74, 6) is 0.290. The van der Waals surface area contributed by atoms with Gasteiger partial charge in [0.15, 0.2) is 11.5 Å². The summed E-state index contributed by atoms with van der Waals surface area (Å²) in [5.41, 5.74) is 2.84. The van der Waals surface area contributed by atoms with E-state index >= 15 is 0 Å². The van der Waals surface area contributed by atoms with E-state index in [-0.39, 0.29) is 5.56 Å². The number of fused-ring (bicyclic) bond motifs is 1. The van der Waals surface area contributed by atoms with Gasteiger partial charge in [0.25, 0.3) is 5.91 Å². The molecule has 0 fully saturated rings. The molecule has 8 heteroatoms. The van der Waals surface area contributed by atoms with Crippen LogP contribution in [0.1, 0.15) is 21.5 Å². The molecule has 35 heavy (non-hydrogen) atoms. The van der Waals surface area contributed by atoms with Crippen molar-refractivity contribution in [1.29, 1.82) is 5.26 Å². The normalized spacial score (nSPS) is 10.5. The molecule has 0 atom stereocenters. The summed E-state index contributed by atoms with van der Waals surface area (Å²) in [6, 6.07) is 16.8. The molecule has 7 nitrogen and oxygen atoms in total. The van der Waals surface area contributed by atoms with Crippen LogP contribution in [0, 0.1) is 24.1 Å². The molecule has 1 aromatic heterocycles. The van der Waals surface area contributed by atoms with E-state index in [4.69, 9.17) is 19.2 Å². The van der Waals surface area contributed by atoms with E-state index in [1.807, 2.05) is 18.2 Å². The average molecular weight is 471 g/mol. The number of rotatable bonds is 6. The number of benzene rings is 3. The highest BCUT2D eigenvalue weighted by Crippen LogP contribution is 2.41. The molecule has 1 amide bonds. The first-order valence-corrected chi connectivity index (χ1v) is 10.6. The second-order valence-corrected chi connectivity index (χ2v) is 7.70. The predicted molar refractivity (Wildman–Crippen MR) is 131 cm³/mol. The molecule has 4 rings (SSSR count). The van der Waals surface area contributed by atoms with Gasteiger partial charge in [-0.3, -0.25) is 4.79 Å². The molecule has 176 valence electrons. The maximum Gasteiger partial charge on any atom is 0.256 e. The third kappa shape index (κ3) is 4.44. The highest BCUT2D eigenvalue weighted by Gasteiger charge is 2.19.